The number of anilines is 3. The molecule has 0 aliphatic heterocycles. The zero-order valence-corrected chi connectivity index (χ0v) is 83.8. The van der Waals surface area contributed by atoms with Crippen molar-refractivity contribution in [2.45, 2.75) is 151 Å². The molecule has 34 heteroatoms. The number of benzene rings is 9. The number of rotatable bonds is 27. The number of aromatic nitrogens is 3. The number of hydrogen-bond donors (Lipinski definition) is 7. The number of nitrogen functional groups attached to an aromatic ring is 1. The van der Waals surface area contributed by atoms with E-state index in [1.165, 1.54) is 142 Å². The standard InChI is InChI=1S/C22H21ClN2O5S.C22H21ClN2O4S.C12H9ClN2O.C12H15ClO4S.C12H16O2.C10H12O2.C10H14O.C2H3ClO/c1-22(2,14-26)16-3-6-18(7-4-16)31(29,30)24-20-8-5-17(23)13-19(20)21(27)15-9-11-25(28)12-10-15;1-22(2,14-26)16-3-6-18(7-4-16)30(28,29)25-20-8-5-17(23)13-19(20)21(27)15-9-11-24-12-10-15;13-9-1-2-11(14)10(7-9)12(16)8-3-5-15-6-4-8;1-9(14)17-8-12(2,3)10-4-6-11(7-5-10)18(13,15)16;1-10(13)14-9-12(2,3)11-7-5-4-6-8-11;1-10(2,9(11)12)8-6-4-3-5-7-8;1-10(2,8-11)9-6-4-3-5-7-9;1-2(3)4/h3-13,24,26H,14H2,1-2H3;3-13,25-26H,14H2,1-2H3;1-7H,14H2;4-7H,8H2,1-3H3;4-8H,9H2,1-3H3;3-7H,1-2H3,(H,11,12);3-7,11H,8H2,1-2H3;1H3. The first kappa shape index (κ1) is 114. The number of nitrogens with zero attached hydrogens (tertiary/aromatic N) is 3. The number of nitrogens with two attached hydrogens (primary N) is 1. The Morgan fingerprint density at radius 3 is 0.971 bits per heavy atom. The lowest BCUT2D eigenvalue weighted by Crippen LogP contribution is -2.28. The van der Waals surface area contributed by atoms with Gasteiger partial charge in [-0.15, -0.1) is 0 Å². The second-order valence-electron chi connectivity index (χ2n) is 34.2. The molecule has 0 bridgehead atoms. The van der Waals surface area contributed by atoms with Crippen LogP contribution in [0.4, 0.5) is 17.1 Å². The normalized spacial score (nSPS) is 11.4. The molecule has 3 aromatic heterocycles. The number of nitrogens with one attached hydrogen (secondary N) is 2. The van der Waals surface area contributed by atoms with Gasteiger partial charge in [-0.25, -0.2) is 25.3 Å². The van der Waals surface area contributed by atoms with Gasteiger partial charge in [0.05, 0.1) is 51.3 Å². The van der Waals surface area contributed by atoms with Gasteiger partial charge in [-0.3, -0.25) is 53.0 Å². The zero-order valence-electron chi connectivity index (χ0n) is 77.6. The van der Waals surface area contributed by atoms with E-state index in [1.54, 1.807) is 105 Å². The molecule has 0 radical (unpaired) electrons. The molecule has 0 amide bonds. The molecule has 8 N–H and O–H groups in total. The number of aliphatic hydroxyl groups is 3. The quantitative estimate of drug-likeness (QED) is 0.00628. The number of carboxylic acids is 1. The number of carboxylic acid groups (broad SMARTS) is 1. The van der Waals surface area contributed by atoms with E-state index in [1.807, 2.05) is 146 Å². The molecule has 0 aliphatic rings. The summed E-state index contributed by atoms with van der Waals surface area (Å²) < 4.78 is 89.3. The fourth-order valence-electron chi connectivity index (χ4n) is 11.8. The molecule has 0 unspecified atom stereocenters. The Kier molecular flexibility index (Phi) is 43.5. The summed E-state index contributed by atoms with van der Waals surface area (Å²) in [7, 11) is -6.43. The number of pyridine rings is 3. The van der Waals surface area contributed by atoms with Crippen molar-refractivity contribution < 1.29 is 93.4 Å². The van der Waals surface area contributed by atoms with Crippen LogP contribution >= 0.6 is 57.1 Å². The number of sulfonamides is 2. The Bertz CT molecular complexity index is 6350. The molecule has 3 heterocycles. The third-order valence-corrected chi connectivity index (χ3v) is 25.4. The zero-order chi connectivity index (χ0) is 102. The maximum Gasteiger partial charge on any atom is 0.313 e. The van der Waals surface area contributed by atoms with E-state index in [9.17, 15) is 74.2 Å². The van der Waals surface area contributed by atoms with Gasteiger partial charge < -0.3 is 40.8 Å². The summed E-state index contributed by atoms with van der Waals surface area (Å²) in [5.41, 5.74) is 11.3. The summed E-state index contributed by atoms with van der Waals surface area (Å²) in [5.74, 6) is -2.38. The van der Waals surface area contributed by atoms with Gasteiger partial charge in [0.2, 0.25) is 5.24 Å². The molecule has 0 fully saturated rings. The topological polar surface area (TPSA) is 424 Å². The first-order chi connectivity index (χ1) is 63.4. The number of carbonyl (C=O) groups excluding carboxylic acids is 6. The van der Waals surface area contributed by atoms with Crippen molar-refractivity contribution in [2.75, 3.05) is 48.2 Å². The van der Waals surface area contributed by atoms with E-state index in [0.717, 1.165) is 22.3 Å². The van der Waals surface area contributed by atoms with Crippen LogP contribution < -0.4 is 19.9 Å². The molecule has 0 aliphatic carbocycles. The molecular formula is C102H111Cl5N6O20S3. The lowest BCUT2D eigenvalue weighted by molar-refractivity contribution is -0.605. The van der Waals surface area contributed by atoms with Crippen LogP contribution in [0.1, 0.15) is 185 Å². The Balaban J connectivity index is 0.000000288. The smallest absolute Gasteiger partial charge is 0.313 e. The molecule has 0 saturated heterocycles. The van der Waals surface area contributed by atoms with Gasteiger partial charge in [0.15, 0.2) is 29.7 Å². The van der Waals surface area contributed by atoms with Crippen LogP contribution in [-0.2, 0) is 90.2 Å². The molecular weight excluding hydrogens is 1900 g/mol. The van der Waals surface area contributed by atoms with Gasteiger partial charge in [0.25, 0.3) is 29.1 Å². The fraction of sp³-hybridized carbons (Fsp3) is 0.255. The number of ether oxygens (including phenoxy) is 2. The maximum absolute atomic E-state index is 12.9. The van der Waals surface area contributed by atoms with E-state index in [0.29, 0.717) is 43.8 Å². The second-order valence-corrected chi connectivity index (χ2v) is 42.0. The first-order valence-corrected chi connectivity index (χ1v) is 48.5. The van der Waals surface area contributed by atoms with Gasteiger partial charge in [-0.2, -0.15) is 4.73 Å². The highest BCUT2D eigenvalue weighted by molar-refractivity contribution is 8.13. The molecule has 722 valence electrons. The number of hydrogen-bond acceptors (Lipinski definition) is 22. The average molecular weight is 2010 g/mol. The minimum Gasteiger partial charge on any atom is -0.619 e. The van der Waals surface area contributed by atoms with Gasteiger partial charge >= 0.3 is 17.9 Å². The Morgan fingerprint density at radius 2 is 0.662 bits per heavy atom. The van der Waals surface area contributed by atoms with Crippen LogP contribution in [0.5, 0.6) is 0 Å². The molecule has 9 aromatic carbocycles. The second kappa shape index (κ2) is 51.7. The summed E-state index contributed by atoms with van der Waals surface area (Å²) in [6.45, 7) is 27.6. The molecule has 0 atom stereocenters. The number of aliphatic carboxylic acids is 1. The highest BCUT2D eigenvalue weighted by atomic mass is 35.7. The van der Waals surface area contributed by atoms with Crippen LogP contribution in [0.2, 0.25) is 15.1 Å². The van der Waals surface area contributed by atoms with Crippen molar-refractivity contribution in [3.63, 3.8) is 0 Å². The predicted octanol–water partition coefficient (Wildman–Crippen LogP) is 19.6. The molecule has 12 aromatic rings. The molecule has 0 spiro atoms. The van der Waals surface area contributed by atoms with Crippen LogP contribution in [0.25, 0.3) is 0 Å². The number of ketones is 3. The maximum atomic E-state index is 12.9. The number of halogens is 5. The van der Waals surface area contributed by atoms with E-state index in [2.05, 4.69) is 44.9 Å². The Hall–Kier alpha value is -12.1. The summed E-state index contributed by atoms with van der Waals surface area (Å²) in [4.78, 5) is 87.2. The van der Waals surface area contributed by atoms with Crippen LogP contribution in [0.3, 0.4) is 0 Å². The molecule has 136 heavy (non-hydrogen) atoms. The minimum absolute atomic E-state index is 0.00504. The number of carbonyl (C=O) groups is 7. The van der Waals surface area contributed by atoms with Crippen molar-refractivity contribution in [1.29, 1.82) is 0 Å². The SMILES string of the molecule is CC(=O)Cl.CC(=O)OCC(C)(C)c1ccc(S(=O)(=O)Cl)cc1.CC(=O)OCC(C)(C)c1ccccc1.CC(C)(C(=O)O)c1ccccc1.CC(C)(CO)c1ccc(S(=O)(=O)Nc2ccc(Cl)cc2C(=O)c2cc[n+]([O-])cc2)cc1.CC(C)(CO)c1ccc(S(=O)(=O)Nc2ccc(Cl)cc2C(=O)c2ccncc2)cc1.CC(C)(CO)c1ccccc1.Nc1ccc(Cl)cc1C(=O)c1ccncc1. The highest BCUT2D eigenvalue weighted by Gasteiger charge is 2.31. The first-order valence-electron chi connectivity index (χ1n) is 41.7. The van der Waals surface area contributed by atoms with E-state index in [-0.39, 0.29) is 119 Å². The molecule has 26 nitrogen and oxygen atoms in total. The van der Waals surface area contributed by atoms with Gasteiger partial charge in [0.1, 0.15) is 13.2 Å². The van der Waals surface area contributed by atoms with Gasteiger partial charge in [0, 0.05) is 150 Å². The van der Waals surface area contributed by atoms with Crippen molar-refractivity contribution in [3.8, 4) is 0 Å². The Morgan fingerprint density at radius 1 is 0.390 bits per heavy atom. The third-order valence-electron chi connectivity index (χ3n) is 20.6. The summed E-state index contributed by atoms with van der Waals surface area (Å²) in [5, 5.41) is 48.9. The number of aliphatic hydroxyl groups excluding tert-OH is 3. The van der Waals surface area contributed by atoms with E-state index in [4.69, 9.17) is 70.9 Å². The van der Waals surface area contributed by atoms with Crippen molar-refractivity contribution in [1.82, 2.24) is 9.97 Å². The van der Waals surface area contributed by atoms with Gasteiger partial charge in [-0.1, -0.05) is 231 Å². The van der Waals surface area contributed by atoms with Crippen LogP contribution in [0, 0.1) is 5.21 Å². The molecule has 12 rings (SSSR count). The fourth-order valence-corrected chi connectivity index (χ4v) is 15.2. The number of esters is 2. The van der Waals surface area contributed by atoms with E-state index < -0.39 is 57.1 Å². The molecule has 0 saturated carbocycles. The van der Waals surface area contributed by atoms with Crippen molar-refractivity contribution in [2.24, 2.45) is 0 Å². The Labute approximate surface area is 819 Å². The van der Waals surface area contributed by atoms with E-state index >= 15 is 0 Å². The minimum atomic E-state index is -4.00. The monoisotopic (exact) mass is 2010 g/mol. The predicted molar refractivity (Wildman–Crippen MR) is 533 cm³/mol. The summed E-state index contributed by atoms with van der Waals surface area (Å²) >= 11 is 22.5. The summed E-state index contributed by atoms with van der Waals surface area (Å²) in [6, 6.07) is 70.5. The van der Waals surface area contributed by atoms with Crippen molar-refractivity contribution in [3.05, 3.63) is 379 Å². The van der Waals surface area contributed by atoms with Crippen LogP contribution in [0.15, 0.2) is 307 Å². The van der Waals surface area contributed by atoms with Gasteiger partial charge in [-0.05, 0) is 174 Å². The average Bonchev–Trinajstić information content (AvgIpc) is 0.793. The largest absolute Gasteiger partial charge is 0.619 e. The highest BCUT2D eigenvalue weighted by Crippen LogP contribution is 2.34. The lowest BCUT2D eigenvalue weighted by atomic mass is 9.85. The summed E-state index contributed by atoms with van der Waals surface area (Å²) in [6.07, 6.45) is 8.45. The van der Waals surface area contributed by atoms with Crippen LogP contribution in [-0.4, -0.2) is 129 Å². The van der Waals surface area contributed by atoms with Crippen molar-refractivity contribution >= 4 is 144 Å². The lowest BCUT2D eigenvalue weighted by Gasteiger charge is -2.24. The third kappa shape index (κ3) is 36.2.